The zero-order valence-electron chi connectivity index (χ0n) is 11.2. The van der Waals surface area contributed by atoms with Crippen molar-refractivity contribution in [1.29, 1.82) is 0 Å². The molecule has 17 heavy (non-hydrogen) atoms. The van der Waals surface area contributed by atoms with Gasteiger partial charge in [-0.3, -0.25) is 14.7 Å². The Balaban J connectivity index is 2.96. The lowest BCUT2D eigenvalue weighted by Crippen LogP contribution is -2.25. The lowest BCUT2D eigenvalue weighted by atomic mass is 9.81. The van der Waals surface area contributed by atoms with Crippen molar-refractivity contribution < 1.29 is 9.63 Å². The van der Waals surface area contributed by atoms with Crippen LogP contribution in [-0.2, 0) is 10.3 Å². The highest BCUT2D eigenvalue weighted by atomic mass is 16.7. The lowest BCUT2D eigenvalue weighted by Gasteiger charge is -2.24. The van der Waals surface area contributed by atoms with Crippen LogP contribution in [0, 0.1) is 0 Å². The summed E-state index contributed by atoms with van der Waals surface area (Å²) in [6.07, 6.45) is 2.00. The molecule has 5 heteroatoms. The second kappa shape index (κ2) is 5.31. The van der Waals surface area contributed by atoms with Gasteiger partial charge in [0.2, 0.25) is 0 Å². The first-order chi connectivity index (χ1) is 7.98. The molecule has 1 aromatic heterocycles. The van der Waals surface area contributed by atoms with Gasteiger partial charge in [-0.15, -0.1) is 0 Å². The highest BCUT2D eigenvalue weighted by Gasteiger charge is 2.26. The predicted molar refractivity (Wildman–Crippen MR) is 65.6 cm³/mol. The first-order valence-electron chi connectivity index (χ1n) is 5.86. The number of hydrogen-bond acceptors (Lipinski definition) is 3. The molecule has 0 spiro atoms. The summed E-state index contributed by atoms with van der Waals surface area (Å²) in [6.45, 7) is 6.43. The maximum absolute atomic E-state index is 11.8. The standard InChI is InChI=1S/C12H21N3O2/c1-6-12(3,7-2)10-8-9(13-14-10)11(16)15(4)17-5/h8H,6-7H2,1-5H3,(H,13,14). The highest BCUT2D eigenvalue weighted by molar-refractivity contribution is 5.91. The molecule has 0 aromatic carbocycles. The summed E-state index contributed by atoms with van der Waals surface area (Å²) in [7, 11) is 3.02. The Bertz CT molecular complexity index is 383. The number of nitrogens with zero attached hydrogens (tertiary/aromatic N) is 2. The smallest absolute Gasteiger partial charge is 0.281 e. The Morgan fingerprint density at radius 3 is 2.59 bits per heavy atom. The highest BCUT2D eigenvalue weighted by Crippen LogP contribution is 2.29. The van der Waals surface area contributed by atoms with Crippen LogP contribution in [0.3, 0.4) is 0 Å². The average molecular weight is 239 g/mol. The van der Waals surface area contributed by atoms with Crippen LogP contribution in [0.1, 0.15) is 49.8 Å². The van der Waals surface area contributed by atoms with Crippen LogP contribution in [0.5, 0.6) is 0 Å². The van der Waals surface area contributed by atoms with E-state index in [4.69, 9.17) is 4.84 Å². The Morgan fingerprint density at radius 2 is 2.12 bits per heavy atom. The molecule has 0 aliphatic carbocycles. The van der Waals surface area contributed by atoms with Crippen molar-refractivity contribution in [1.82, 2.24) is 15.3 Å². The van der Waals surface area contributed by atoms with Gasteiger partial charge in [0.25, 0.3) is 5.91 Å². The lowest BCUT2D eigenvalue weighted by molar-refractivity contribution is -0.0760. The van der Waals surface area contributed by atoms with E-state index in [-0.39, 0.29) is 11.3 Å². The topological polar surface area (TPSA) is 58.2 Å². The molecule has 0 aliphatic heterocycles. The fraction of sp³-hybridized carbons (Fsp3) is 0.667. The number of carbonyl (C=O) groups excluding carboxylic acids is 1. The maximum Gasteiger partial charge on any atom is 0.297 e. The molecule has 0 saturated heterocycles. The molecular weight excluding hydrogens is 218 g/mol. The quantitative estimate of drug-likeness (QED) is 0.801. The van der Waals surface area contributed by atoms with Gasteiger partial charge >= 0.3 is 0 Å². The number of hydroxylamine groups is 2. The van der Waals surface area contributed by atoms with Crippen molar-refractivity contribution in [2.75, 3.05) is 14.2 Å². The Kier molecular flexibility index (Phi) is 4.28. The molecule has 96 valence electrons. The molecule has 1 amide bonds. The van der Waals surface area contributed by atoms with Gasteiger partial charge in [0.05, 0.1) is 7.11 Å². The third-order valence-corrected chi connectivity index (χ3v) is 3.57. The van der Waals surface area contributed by atoms with E-state index < -0.39 is 0 Å². The van der Waals surface area contributed by atoms with Gasteiger partial charge in [-0.05, 0) is 18.9 Å². The minimum Gasteiger partial charge on any atom is -0.281 e. The molecule has 0 atom stereocenters. The van der Waals surface area contributed by atoms with Crippen LogP contribution in [0.2, 0.25) is 0 Å². The van der Waals surface area contributed by atoms with Crippen molar-refractivity contribution in [2.24, 2.45) is 0 Å². The fourth-order valence-electron chi connectivity index (χ4n) is 1.62. The predicted octanol–water partition coefficient (Wildman–Crippen LogP) is 2.12. The normalized spacial score (nSPS) is 11.6. The van der Waals surface area contributed by atoms with Gasteiger partial charge in [-0.1, -0.05) is 20.8 Å². The molecule has 0 bridgehead atoms. The van der Waals surface area contributed by atoms with Crippen LogP contribution >= 0.6 is 0 Å². The third-order valence-electron chi connectivity index (χ3n) is 3.57. The van der Waals surface area contributed by atoms with Crippen LogP contribution in [0.25, 0.3) is 0 Å². The van der Waals surface area contributed by atoms with E-state index in [9.17, 15) is 4.79 Å². The zero-order chi connectivity index (χ0) is 13.1. The summed E-state index contributed by atoms with van der Waals surface area (Å²) in [5.74, 6) is -0.246. The summed E-state index contributed by atoms with van der Waals surface area (Å²) in [4.78, 5) is 16.7. The number of amides is 1. The second-order valence-electron chi connectivity index (χ2n) is 4.42. The molecule has 1 rings (SSSR count). The number of nitrogens with one attached hydrogen (secondary N) is 1. The van der Waals surface area contributed by atoms with Gasteiger partial charge in [0, 0.05) is 18.2 Å². The third kappa shape index (κ3) is 2.66. The van der Waals surface area contributed by atoms with E-state index >= 15 is 0 Å². The number of aromatic nitrogens is 2. The summed E-state index contributed by atoms with van der Waals surface area (Å²) >= 11 is 0. The van der Waals surface area contributed by atoms with Crippen molar-refractivity contribution in [3.63, 3.8) is 0 Å². The van der Waals surface area contributed by atoms with Crippen molar-refractivity contribution in [3.05, 3.63) is 17.5 Å². The molecule has 0 aliphatic rings. The molecule has 0 fully saturated rings. The Morgan fingerprint density at radius 1 is 1.53 bits per heavy atom. The number of rotatable bonds is 5. The van der Waals surface area contributed by atoms with Crippen LogP contribution in [-0.4, -0.2) is 35.3 Å². The molecule has 0 unspecified atom stereocenters. The molecule has 1 aromatic rings. The molecule has 1 N–H and O–H groups in total. The molecular formula is C12H21N3O2. The molecule has 0 radical (unpaired) electrons. The monoisotopic (exact) mass is 239 g/mol. The van der Waals surface area contributed by atoms with Crippen molar-refractivity contribution >= 4 is 5.91 Å². The molecule has 1 heterocycles. The Hall–Kier alpha value is -1.36. The zero-order valence-corrected chi connectivity index (χ0v) is 11.2. The average Bonchev–Trinajstić information content (AvgIpc) is 2.85. The van der Waals surface area contributed by atoms with Gasteiger partial charge in [-0.2, -0.15) is 5.10 Å². The molecule has 0 saturated carbocycles. The van der Waals surface area contributed by atoms with Crippen LogP contribution in [0.4, 0.5) is 0 Å². The van der Waals surface area contributed by atoms with Gasteiger partial charge in [0.15, 0.2) is 5.69 Å². The minimum absolute atomic E-state index is 0.0389. The first-order valence-corrected chi connectivity index (χ1v) is 5.86. The van der Waals surface area contributed by atoms with Gasteiger partial charge in [-0.25, -0.2) is 5.06 Å². The minimum atomic E-state index is -0.246. The second-order valence-corrected chi connectivity index (χ2v) is 4.42. The van der Waals surface area contributed by atoms with E-state index in [0.29, 0.717) is 5.69 Å². The van der Waals surface area contributed by atoms with E-state index in [1.165, 1.54) is 7.11 Å². The van der Waals surface area contributed by atoms with E-state index in [2.05, 4.69) is 31.0 Å². The number of aromatic amines is 1. The summed E-state index contributed by atoms with van der Waals surface area (Å²) in [6, 6.07) is 1.81. The van der Waals surface area contributed by atoms with E-state index in [0.717, 1.165) is 23.6 Å². The summed E-state index contributed by atoms with van der Waals surface area (Å²) < 4.78 is 0. The van der Waals surface area contributed by atoms with E-state index in [1.807, 2.05) is 6.07 Å². The van der Waals surface area contributed by atoms with Crippen LogP contribution in [0.15, 0.2) is 6.07 Å². The summed E-state index contributed by atoms with van der Waals surface area (Å²) in [5.41, 5.74) is 1.42. The van der Waals surface area contributed by atoms with Gasteiger partial charge in [0.1, 0.15) is 0 Å². The summed E-state index contributed by atoms with van der Waals surface area (Å²) in [5, 5.41) is 8.17. The number of H-pyrrole nitrogens is 1. The maximum atomic E-state index is 11.8. The number of carbonyl (C=O) groups is 1. The molecule has 5 nitrogen and oxygen atoms in total. The first kappa shape index (κ1) is 13.7. The van der Waals surface area contributed by atoms with Crippen LogP contribution < -0.4 is 0 Å². The Labute approximate surface area is 102 Å². The van der Waals surface area contributed by atoms with E-state index in [1.54, 1.807) is 7.05 Å². The van der Waals surface area contributed by atoms with Crippen molar-refractivity contribution in [3.8, 4) is 0 Å². The van der Waals surface area contributed by atoms with Gasteiger partial charge < -0.3 is 0 Å². The van der Waals surface area contributed by atoms with Crippen molar-refractivity contribution in [2.45, 2.75) is 39.0 Å². The largest absolute Gasteiger partial charge is 0.297 e. The fourth-order valence-corrected chi connectivity index (χ4v) is 1.62. The number of hydrogen-bond donors (Lipinski definition) is 1. The SMILES string of the molecule is CCC(C)(CC)c1cc(C(=O)N(C)OC)n[nH]1.